The molecule has 0 saturated carbocycles. The molecular formula is C43H52Cl2Si2Zr. The quantitative estimate of drug-likeness (QED) is 0.179. The number of allylic oxidation sites excluding steroid dienone is 4. The first-order valence-electron chi connectivity index (χ1n) is 18.0. The van der Waals surface area contributed by atoms with E-state index in [4.69, 9.17) is 0 Å². The maximum absolute atomic E-state index is 2.65. The molecule has 0 N–H and O–H groups in total. The minimum atomic E-state index is -2.65. The van der Waals surface area contributed by atoms with Crippen LogP contribution in [-0.4, -0.2) is 19.4 Å². The average molecular weight is 787 g/mol. The second-order valence-electron chi connectivity index (χ2n) is 13.6. The van der Waals surface area contributed by atoms with Gasteiger partial charge in [0.1, 0.15) is 0 Å². The van der Waals surface area contributed by atoms with Gasteiger partial charge in [0.25, 0.3) is 0 Å². The second-order valence-corrected chi connectivity index (χ2v) is 30.3. The third-order valence-corrected chi connectivity index (χ3v) is 31.7. The van der Waals surface area contributed by atoms with Gasteiger partial charge in [-0.3, -0.25) is 0 Å². The molecule has 48 heavy (non-hydrogen) atoms. The first-order valence-corrected chi connectivity index (χ1v) is 27.1. The van der Waals surface area contributed by atoms with Gasteiger partial charge in [0.2, 0.25) is 0 Å². The summed E-state index contributed by atoms with van der Waals surface area (Å²) in [6, 6.07) is 47.0. The van der Waals surface area contributed by atoms with Crippen molar-refractivity contribution in [1.82, 2.24) is 0 Å². The summed E-state index contributed by atoms with van der Waals surface area (Å²) in [6.07, 6.45) is 8.34. The molecule has 6 rings (SSSR count). The SMILES string of the molecule is CC[Si](CC)(CC)c1ccc([C](c2ccc([Si](CC)(CC)CC)cc2)=[Zr+2]([C]2=CC=CC2)[CH]2c3ccccc3-c3ccccc32)cc1.[Cl-].[Cl-]. The van der Waals surface area contributed by atoms with E-state index in [0.29, 0.717) is 3.63 Å². The molecule has 0 spiro atoms. The zero-order valence-corrected chi connectivity index (χ0v) is 35.7. The number of hydrogen-bond acceptors (Lipinski definition) is 0. The van der Waals surface area contributed by atoms with Crippen molar-refractivity contribution < 1.29 is 46.1 Å². The molecule has 0 saturated heterocycles. The molecule has 250 valence electrons. The smallest absolute Gasteiger partial charge is 1.00 e. The number of halogens is 2. The summed E-state index contributed by atoms with van der Waals surface area (Å²) in [6.45, 7) is 14.6. The minimum absolute atomic E-state index is 0. The van der Waals surface area contributed by atoms with Crippen LogP contribution in [0.3, 0.4) is 0 Å². The monoisotopic (exact) mass is 784 g/mol. The molecule has 0 unspecified atom stereocenters. The van der Waals surface area contributed by atoms with Crippen molar-refractivity contribution in [2.45, 2.75) is 87.9 Å². The Bertz CT molecular complexity index is 1650. The predicted molar refractivity (Wildman–Crippen MR) is 205 cm³/mol. The standard InChI is InChI=1S/C25H38Si2.C13H9.C5H5.2ClH.Zr/c1-7-26(8-2,9-3)24-17-13-22(14-18-24)21-23-15-19-25(20-16-23)27(10-4,11-5)12-6;1-3-7-12-10(5-1)9-11-6-2-4-8-13(11)12;1-2-4-5-3-1;;;/h13-20H,7-12H2,1-6H3;1-9H;1-3H,4H2;2*1H;/q;;;;;+2/p-2. The molecular weight excluding hydrogens is 735 g/mol. The summed E-state index contributed by atoms with van der Waals surface area (Å²) in [5.74, 6) is 0. The summed E-state index contributed by atoms with van der Waals surface area (Å²) in [7, 11) is -2.91. The normalized spacial score (nSPS) is 13.5. The van der Waals surface area contributed by atoms with Crippen LogP contribution in [-0.2, 0) is 21.3 Å². The molecule has 0 aromatic heterocycles. The van der Waals surface area contributed by atoms with Crippen LogP contribution in [0.2, 0.25) is 36.3 Å². The predicted octanol–water partition coefficient (Wildman–Crippen LogP) is 4.93. The maximum atomic E-state index is 2.55. The van der Waals surface area contributed by atoms with Gasteiger partial charge in [0.15, 0.2) is 0 Å². The molecule has 0 atom stereocenters. The Kier molecular flexibility index (Phi) is 13.7. The summed E-state index contributed by atoms with van der Waals surface area (Å²) >= 11 is -2.65. The molecule has 4 aromatic carbocycles. The Morgan fingerprint density at radius 3 is 1.31 bits per heavy atom. The summed E-state index contributed by atoms with van der Waals surface area (Å²) in [5.41, 5.74) is 8.95. The average Bonchev–Trinajstić information content (AvgIpc) is 3.77. The number of fused-ring (bicyclic) bond motifs is 3. The van der Waals surface area contributed by atoms with E-state index in [1.807, 2.05) is 0 Å². The Morgan fingerprint density at radius 1 is 0.562 bits per heavy atom. The van der Waals surface area contributed by atoms with Gasteiger partial charge in [0, 0.05) is 0 Å². The summed E-state index contributed by atoms with van der Waals surface area (Å²) in [4.78, 5) is 0. The number of benzene rings is 4. The molecule has 4 aromatic rings. The van der Waals surface area contributed by atoms with Gasteiger partial charge in [-0.1, -0.05) is 0 Å². The van der Waals surface area contributed by atoms with E-state index in [2.05, 4.69) is 157 Å². The van der Waals surface area contributed by atoms with Crippen LogP contribution in [0.25, 0.3) is 11.1 Å². The van der Waals surface area contributed by atoms with E-state index in [0.717, 1.165) is 6.42 Å². The van der Waals surface area contributed by atoms with Gasteiger partial charge in [-0.2, -0.15) is 0 Å². The van der Waals surface area contributed by atoms with E-state index in [9.17, 15) is 0 Å². The molecule has 2 aliphatic carbocycles. The van der Waals surface area contributed by atoms with E-state index in [-0.39, 0.29) is 24.8 Å². The van der Waals surface area contributed by atoms with E-state index in [1.165, 1.54) is 58.5 Å². The Balaban J connectivity index is 0.00000260. The van der Waals surface area contributed by atoms with Gasteiger partial charge < -0.3 is 24.8 Å². The number of hydrogen-bond donors (Lipinski definition) is 0. The summed E-state index contributed by atoms with van der Waals surface area (Å²) in [5, 5.41) is 3.29. The zero-order chi connectivity index (χ0) is 32.3. The molecule has 0 radical (unpaired) electrons. The van der Waals surface area contributed by atoms with Crippen LogP contribution in [0.1, 0.15) is 73.8 Å². The van der Waals surface area contributed by atoms with Crippen LogP contribution >= 0.6 is 0 Å². The van der Waals surface area contributed by atoms with Crippen LogP contribution in [0.15, 0.2) is 119 Å². The Labute approximate surface area is 313 Å². The fourth-order valence-corrected chi connectivity index (χ4v) is 25.0. The molecule has 0 amide bonds. The number of rotatable bonds is 12. The van der Waals surface area contributed by atoms with Gasteiger partial charge in [-0.05, 0) is 0 Å². The van der Waals surface area contributed by atoms with Crippen LogP contribution in [0.5, 0.6) is 0 Å². The molecule has 0 bridgehead atoms. The largest absolute Gasteiger partial charge is 1.00 e. The van der Waals surface area contributed by atoms with E-state index in [1.54, 1.807) is 28.0 Å². The van der Waals surface area contributed by atoms with Crippen molar-refractivity contribution in [3.05, 3.63) is 141 Å². The Hall–Kier alpha value is -1.87. The molecule has 2 aliphatic rings. The van der Waals surface area contributed by atoms with Crippen molar-refractivity contribution in [2.24, 2.45) is 0 Å². The van der Waals surface area contributed by atoms with Crippen molar-refractivity contribution in [3.8, 4) is 11.1 Å². The summed E-state index contributed by atoms with van der Waals surface area (Å²) < 4.78 is 3.88. The van der Waals surface area contributed by atoms with Gasteiger partial charge in [0.05, 0.1) is 0 Å². The van der Waals surface area contributed by atoms with E-state index < -0.39 is 37.4 Å². The third-order valence-electron chi connectivity index (χ3n) is 12.1. The third kappa shape index (κ3) is 6.89. The molecule has 5 heteroatoms. The first-order chi connectivity index (χ1) is 22.5. The van der Waals surface area contributed by atoms with Gasteiger partial charge >= 0.3 is 291 Å². The van der Waals surface area contributed by atoms with Crippen LogP contribution in [0.4, 0.5) is 0 Å². The molecule has 0 nitrogen and oxygen atoms in total. The van der Waals surface area contributed by atoms with Crippen LogP contribution < -0.4 is 35.2 Å². The topological polar surface area (TPSA) is 0 Å². The van der Waals surface area contributed by atoms with Crippen molar-refractivity contribution in [1.29, 1.82) is 0 Å². The Morgan fingerprint density at radius 2 is 0.958 bits per heavy atom. The van der Waals surface area contributed by atoms with E-state index >= 15 is 0 Å². The minimum Gasteiger partial charge on any atom is -1.00 e. The fourth-order valence-electron chi connectivity index (χ4n) is 8.79. The van der Waals surface area contributed by atoms with Gasteiger partial charge in [-0.15, -0.1) is 0 Å². The second kappa shape index (κ2) is 16.9. The fraction of sp³-hybridized carbons (Fsp3) is 0.326. The molecule has 0 heterocycles. The van der Waals surface area contributed by atoms with Crippen molar-refractivity contribution in [3.63, 3.8) is 0 Å². The maximum Gasteiger partial charge on any atom is -1.00 e. The van der Waals surface area contributed by atoms with Crippen molar-refractivity contribution in [2.75, 3.05) is 0 Å². The van der Waals surface area contributed by atoms with Crippen LogP contribution in [0, 0.1) is 0 Å². The van der Waals surface area contributed by atoms with Gasteiger partial charge in [-0.25, -0.2) is 0 Å². The first kappa shape index (κ1) is 38.9. The molecule has 0 aliphatic heterocycles. The van der Waals surface area contributed by atoms with Crippen molar-refractivity contribution >= 4 is 29.7 Å². The molecule has 0 fully saturated rings. The zero-order valence-electron chi connectivity index (χ0n) is 29.8.